The summed E-state index contributed by atoms with van der Waals surface area (Å²) in [5, 5.41) is 31.7. The van der Waals surface area contributed by atoms with Gasteiger partial charge in [0.1, 0.15) is 5.70 Å². The first-order valence-electron chi connectivity index (χ1n) is 8.12. The van der Waals surface area contributed by atoms with Gasteiger partial charge in [0.2, 0.25) is 5.91 Å². The molecule has 2 saturated heterocycles. The minimum atomic E-state index is -1.09. The highest BCUT2D eigenvalue weighted by atomic mass is 32.2. The fourth-order valence-electron chi connectivity index (χ4n) is 4.00. The van der Waals surface area contributed by atoms with E-state index in [2.05, 4.69) is 11.4 Å². The lowest BCUT2D eigenvalue weighted by atomic mass is 9.79. The van der Waals surface area contributed by atoms with E-state index in [1.165, 1.54) is 16.7 Å². The van der Waals surface area contributed by atoms with Crippen LogP contribution in [-0.2, 0) is 9.59 Å². The molecule has 0 bridgehead atoms. The molecule has 0 unspecified atom stereocenters. The van der Waals surface area contributed by atoms with Gasteiger partial charge in [0.15, 0.2) is 0 Å². The van der Waals surface area contributed by atoms with Crippen LogP contribution in [0.15, 0.2) is 10.6 Å². The number of fused-ring (bicyclic) bond motifs is 1. The van der Waals surface area contributed by atoms with E-state index in [1.54, 1.807) is 6.92 Å². The third-order valence-corrected chi connectivity index (χ3v) is 6.64. The van der Waals surface area contributed by atoms with Crippen LogP contribution in [0.25, 0.3) is 0 Å². The summed E-state index contributed by atoms with van der Waals surface area (Å²) in [5.74, 6) is -2.03. The highest BCUT2D eigenvalue weighted by Crippen LogP contribution is 2.51. The molecule has 0 aromatic heterocycles. The van der Waals surface area contributed by atoms with Crippen LogP contribution in [0.5, 0.6) is 0 Å². The zero-order valence-corrected chi connectivity index (χ0v) is 14.4. The largest absolute Gasteiger partial charge is 0.477 e. The minimum absolute atomic E-state index is 0.0723. The van der Waals surface area contributed by atoms with E-state index in [-0.39, 0.29) is 34.9 Å². The predicted molar refractivity (Wildman–Crippen MR) is 87.6 cm³/mol. The van der Waals surface area contributed by atoms with Crippen molar-refractivity contribution in [3.05, 3.63) is 10.6 Å². The summed E-state index contributed by atoms with van der Waals surface area (Å²) in [6, 6.07) is 2.02. The van der Waals surface area contributed by atoms with Crippen LogP contribution in [-0.4, -0.2) is 57.0 Å². The number of hydrogen-bond donors (Lipinski definition) is 3. The fourth-order valence-corrected chi connectivity index (χ4v) is 5.51. The van der Waals surface area contributed by atoms with E-state index in [0.29, 0.717) is 11.3 Å². The molecule has 3 rings (SSSR count). The second kappa shape index (κ2) is 6.39. The van der Waals surface area contributed by atoms with Crippen molar-refractivity contribution >= 4 is 23.6 Å². The number of hydrogen-bond acceptors (Lipinski definition) is 6. The lowest BCUT2D eigenvalue weighted by Gasteiger charge is -2.46. The fraction of sp³-hybridized carbons (Fsp3) is 0.688. The molecule has 6 atom stereocenters. The van der Waals surface area contributed by atoms with E-state index >= 15 is 0 Å². The van der Waals surface area contributed by atoms with Gasteiger partial charge in [-0.1, -0.05) is 6.92 Å². The summed E-state index contributed by atoms with van der Waals surface area (Å²) >= 11 is 1.50. The van der Waals surface area contributed by atoms with Crippen molar-refractivity contribution < 1.29 is 19.8 Å². The Labute approximate surface area is 144 Å². The summed E-state index contributed by atoms with van der Waals surface area (Å²) in [6.45, 7) is 4.22. The van der Waals surface area contributed by atoms with E-state index in [9.17, 15) is 19.8 Å². The highest BCUT2D eigenvalue weighted by molar-refractivity contribution is 8.03. The molecular weight excluding hydrogens is 330 g/mol. The van der Waals surface area contributed by atoms with Gasteiger partial charge in [-0.15, -0.1) is 11.8 Å². The topological polar surface area (TPSA) is 114 Å². The molecule has 0 saturated carbocycles. The number of carboxylic acids is 1. The minimum Gasteiger partial charge on any atom is -0.477 e. The number of nitrogens with zero attached hydrogens (tertiary/aromatic N) is 2. The molecule has 1 amide bonds. The van der Waals surface area contributed by atoms with E-state index in [4.69, 9.17) is 5.26 Å². The van der Waals surface area contributed by atoms with Crippen molar-refractivity contribution in [2.75, 3.05) is 6.54 Å². The van der Waals surface area contributed by atoms with Crippen LogP contribution in [0.4, 0.5) is 0 Å². The monoisotopic (exact) mass is 351 g/mol. The summed E-state index contributed by atoms with van der Waals surface area (Å²) in [6.07, 6.45) is 0.461. The average Bonchev–Trinajstić information content (AvgIpc) is 3.02. The second-order valence-corrected chi connectivity index (χ2v) is 8.06. The molecule has 2 fully saturated rings. The number of aliphatic carboxylic acids is 1. The lowest BCUT2D eigenvalue weighted by Crippen LogP contribution is -2.63. The van der Waals surface area contributed by atoms with Gasteiger partial charge in [-0.05, 0) is 13.3 Å². The van der Waals surface area contributed by atoms with Gasteiger partial charge in [0.05, 0.1) is 30.6 Å². The Kier molecular flexibility index (Phi) is 4.60. The first-order chi connectivity index (χ1) is 11.4. The molecule has 0 aliphatic carbocycles. The van der Waals surface area contributed by atoms with E-state index < -0.39 is 18.0 Å². The van der Waals surface area contributed by atoms with Crippen molar-refractivity contribution in [2.24, 2.45) is 11.8 Å². The third-order valence-electron chi connectivity index (χ3n) is 5.12. The van der Waals surface area contributed by atoms with Crippen LogP contribution in [0, 0.1) is 23.2 Å². The van der Waals surface area contributed by atoms with Crippen LogP contribution in [0.3, 0.4) is 0 Å². The van der Waals surface area contributed by atoms with Crippen molar-refractivity contribution in [2.45, 2.75) is 50.1 Å². The van der Waals surface area contributed by atoms with Gasteiger partial charge in [-0.25, -0.2) is 4.79 Å². The number of carbonyl (C=O) groups excluding carboxylic acids is 1. The number of rotatable bonds is 5. The van der Waals surface area contributed by atoms with E-state index in [1.807, 2.05) is 6.92 Å². The molecule has 7 nitrogen and oxygen atoms in total. The Bertz CT molecular complexity index is 642. The molecule has 8 heteroatoms. The van der Waals surface area contributed by atoms with Crippen LogP contribution in [0.1, 0.15) is 26.7 Å². The third kappa shape index (κ3) is 2.61. The maximum Gasteiger partial charge on any atom is 0.353 e. The Morgan fingerprint density at radius 2 is 2.29 bits per heavy atom. The number of β-lactam (4-membered cyclic amide) rings is 1. The number of thioether (sulfide) groups is 1. The standard InChI is InChI=1S/C16H21N3O4S/c1-7-12-11(8(2)20)15(21)19(12)13(16(22)23)14(7)24-10-5-9(3-4-17)18-6-10/h7-12,18,20H,3,5-6H2,1-2H3,(H,22,23)/t7-,8-,9-,10+,11-,12-/m1/s1. The number of aliphatic hydroxyl groups is 1. The zero-order chi connectivity index (χ0) is 17.6. The summed E-state index contributed by atoms with van der Waals surface area (Å²) in [5.41, 5.74) is 0.0723. The molecule has 0 spiro atoms. The molecule has 3 N–H and O–H groups in total. The summed E-state index contributed by atoms with van der Waals surface area (Å²) < 4.78 is 0. The number of nitriles is 1. The van der Waals surface area contributed by atoms with Gasteiger partial charge in [-0.2, -0.15) is 5.26 Å². The zero-order valence-electron chi connectivity index (χ0n) is 13.6. The van der Waals surface area contributed by atoms with Gasteiger partial charge in [0, 0.05) is 28.7 Å². The smallest absolute Gasteiger partial charge is 0.353 e. The van der Waals surface area contributed by atoms with Crippen LogP contribution in [0.2, 0.25) is 0 Å². The number of carboxylic acid groups (broad SMARTS) is 1. The highest BCUT2D eigenvalue weighted by Gasteiger charge is 2.60. The quantitative estimate of drug-likeness (QED) is 0.619. The molecular formula is C16H21N3O4S. The number of carbonyl (C=O) groups is 2. The molecule has 0 radical (unpaired) electrons. The van der Waals surface area contributed by atoms with Crippen LogP contribution < -0.4 is 5.32 Å². The first-order valence-corrected chi connectivity index (χ1v) is 9.00. The van der Waals surface area contributed by atoms with Gasteiger partial charge in [0.25, 0.3) is 0 Å². The van der Waals surface area contributed by atoms with Crippen molar-refractivity contribution in [1.29, 1.82) is 5.26 Å². The lowest BCUT2D eigenvalue weighted by molar-refractivity contribution is -0.163. The van der Waals surface area contributed by atoms with E-state index in [0.717, 1.165) is 13.0 Å². The van der Waals surface area contributed by atoms with Crippen molar-refractivity contribution in [3.63, 3.8) is 0 Å². The predicted octanol–water partition coefficient (Wildman–Crippen LogP) is 0.517. The first kappa shape index (κ1) is 17.3. The van der Waals surface area contributed by atoms with Crippen LogP contribution >= 0.6 is 11.8 Å². The van der Waals surface area contributed by atoms with Gasteiger partial charge in [-0.3, -0.25) is 4.79 Å². The number of aliphatic hydroxyl groups excluding tert-OH is 1. The average molecular weight is 351 g/mol. The molecule has 0 aromatic rings. The molecule has 3 aliphatic heterocycles. The molecule has 24 heavy (non-hydrogen) atoms. The Morgan fingerprint density at radius 3 is 2.88 bits per heavy atom. The molecule has 3 aliphatic rings. The maximum atomic E-state index is 12.3. The molecule has 130 valence electrons. The summed E-state index contributed by atoms with van der Waals surface area (Å²) in [7, 11) is 0. The number of amides is 1. The van der Waals surface area contributed by atoms with Gasteiger partial charge >= 0.3 is 5.97 Å². The summed E-state index contributed by atoms with van der Waals surface area (Å²) in [4.78, 5) is 26.1. The Hall–Kier alpha value is -1.56. The molecule has 3 heterocycles. The van der Waals surface area contributed by atoms with Crippen molar-refractivity contribution in [1.82, 2.24) is 10.2 Å². The Morgan fingerprint density at radius 1 is 1.58 bits per heavy atom. The van der Waals surface area contributed by atoms with Crippen molar-refractivity contribution in [3.8, 4) is 6.07 Å². The normalized spacial score (nSPS) is 36.3. The maximum absolute atomic E-state index is 12.3. The van der Waals surface area contributed by atoms with Gasteiger partial charge < -0.3 is 20.4 Å². The SMILES string of the molecule is C[C@@H](O)[C@H]1C(=O)N2C(C(=O)O)=C(S[C@@H]3CN[C@H](CC#N)C3)[C@H](C)[C@H]12. The molecule has 0 aromatic carbocycles. The number of nitrogens with one attached hydrogen (secondary N) is 1. The Balaban J connectivity index is 1.80. The second-order valence-electron chi connectivity index (χ2n) is 6.71.